The molecule has 2 amide bonds. The monoisotopic (exact) mass is 345 g/mol. The van der Waals surface area contributed by atoms with Crippen molar-refractivity contribution in [2.24, 2.45) is 0 Å². The van der Waals surface area contributed by atoms with Crippen LogP contribution in [0.1, 0.15) is 31.9 Å². The molecule has 0 aliphatic carbocycles. The molecule has 2 aromatic rings. The quantitative estimate of drug-likeness (QED) is 0.929. The number of aromatic nitrogens is 3. The minimum atomic E-state index is -0.0367. The molecule has 1 N–H and O–H groups in total. The van der Waals surface area contributed by atoms with E-state index in [-0.39, 0.29) is 12.1 Å². The summed E-state index contributed by atoms with van der Waals surface area (Å²) < 4.78 is 1.71. The average Bonchev–Trinajstić information content (AvgIpc) is 3.04. The number of amides is 2. The standard InChI is InChI=1S/C17H23N5OS/c1-13-7-11-24-12-10-21(13)17(23)19-14(2)15-3-5-16(6-4-15)22-9-8-18-20-22/h3-6,8-9,13-14H,7,10-12H2,1-2H3,(H,19,23)/t13-,14+/m1/s1. The van der Waals surface area contributed by atoms with Crippen molar-refractivity contribution in [3.8, 4) is 5.69 Å². The molecule has 24 heavy (non-hydrogen) atoms. The maximum absolute atomic E-state index is 12.6. The summed E-state index contributed by atoms with van der Waals surface area (Å²) in [5, 5.41) is 10.9. The van der Waals surface area contributed by atoms with E-state index >= 15 is 0 Å². The van der Waals surface area contributed by atoms with E-state index in [1.165, 1.54) is 0 Å². The highest BCUT2D eigenvalue weighted by Crippen LogP contribution is 2.19. The number of hydrogen-bond acceptors (Lipinski definition) is 4. The molecule has 2 heterocycles. The summed E-state index contributed by atoms with van der Waals surface area (Å²) in [6.45, 7) is 4.96. The van der Waals surface area contributed by atoms with Gasteiger partial charge in [0.15, 0.2) is 0 Å². The Kier molecular flexibility index (Phi) is 5.40. The second-order valence-electron chi connectivity index (χ2n) is 6.05. The molecule has 1 aromatic carbocycles. The van der Waals surface area contributed by atoms with E-state index in [1.807, 2.05) is 47.9 Å². The Morgan fingerprint density at radius 1 is 1.33 bits per heavy atom. The van der Waals surface area contributed by atoms with Gasteiger partial charge in [0.1, 0.15) is 0 Å². The third-order valence-corrected chi connectivity index (χ3v) is 5.37. The fraction of sp³-hybridized carbons (Fsp3) is 0.471. The van der Waals surface area contributed by atoms with E-state index in [0.717, 1.165) is 35.7 Å². The van der Waals surface area contributed by atoms with Gasteiger partial charge in [-0.25, -0.2) is 9.48 Å². The minimum Gasteiger partial charge on any atom is -0.331 e. The van der Waals surface area contributed by atoms with Crippen LogP contribution in [-0.2, 0) is 0 Å². The molecule has 128 valence electrons. The van der Waals surface area contributed by atoms with Crippen LogP contribution in [0.25, 0.3) is 5.69 Å². The second-order valence-corrected chi connectivity index (χ2v) is 7.28. The SMILES string of the molecule is C[C@H](NC(=O)N1CCSCC[C@H]1C)c1ccc(-n2ccnn2)cc1. The number of carbonyl (C=O) groups is 1. The van der Waals surface area contributed by atoms with Crippen molar-refractivity contribution in [1.29, 1.82) is 0 Å². The Balaban J connectivity index is 1.63. The molecule has 1 aliphatic rings. The number of hydrogen-bond donors (Lipinski definition) is 1. The minimum absolute atomic E-state index is 0.0258. The van der Waals surface area contributed by atoms with E-state index in [1.54, 1.807) is 17.1 Å². The van der Waals surface area contributed by atoms with Crippen LogP contribution in [0.15, 0.2) is 36.7 Å². The molecule has 0 unspecified atom stereocenters. The van der Waals surface area contributed by atoms with Gasteiger partial charge < -0.3 is 10.2 Å². The molecule has 1 aromatic heterocycles. The number of nitrogens with one attached hydrogen (secondary N) is 1. The van der Waals surface area contributed by atoms with Gasteiger partial charge in [-0.2, -0.15) is 11.8 Å². The fourth-order valence-corrected chi connectivity index (χ4v) is 3.85. The zero-order valence-electron chi connectivity index (χ0n) is 14.1. The second kappa shape index (κ2) is 7.70. The Labute approximate surface area is 146 Å². The lowest BCUT2D eigenvalue weighted by atomic mass is 10.1. The van der Waals surface area contributed by atoms with E-state index in [0.29, 0.717) is 6.04 Å². The normalized spacial score (nSPS) is 19.6. The summed E-state index contributed by atoms with van der Waals surface area (Å²) in [7, 11) is 0. The highest BCUT2D eigenvalue weighted by atomic mass is 32.2. The smallest absolute Gasteiger partial charge is 0.318 e. The molecule has 0 bridgehead atoms. The zero-order valence-corrected chi connectivity index (χ0v) is 14.9. The first kappa shape index (κ1) is 16.8. The largest absolute Gasteiger partial charge is 0.331 e. The highest BCUT2D eigenvalue weighted by Gasteiger charge is 2.23. The third kappa shape index (κ3) is 3.90. The number of rotatable bonds is 3. The molecule has 6 nitrogen and oxygen atoms in total. The van der Waals surface area contributed by atoms with Crippen LogP contribution in [0.3, 0.4) is 0 Å². The van der Waals surface area contributed by atoms with Gasteiger partial charge in [-0.15, -0.1) is 5.10 Å². The molecule has 2 atom stereocenters. The molecule has 7 heteroatoms. The van der Waals surface area contributed by atoms with Crippen LogP contribution in [0.2, 0.25) is 0 Å². The van der Waals surface area contributed by atoms with E-state index in [4.69, 9.17) is 0 Å². The van der Waals surface area contributed by atoms with Crippen molar-refractivity contribution >= 4 is 17.8 Å². The van der Waals surface area contributed by atoms with Crippen LogP contribution in [0.4, 0.5) is 4.79 Å². The van der Waals surface area contributed by atoms with E-state index < -0.39 is 0 Å². The van der Waals surface area contributed by atoms with Crippen molar-refractivity contribution < 1.29 is 4.79 Å². The van der Waals surface area contributed by atoms with Crippen molar-refractivity contribution in [2.75, 3.05) is 18.1 Å². The van der Waals surface area contributed by atoms with Crippen molar-refractivity contribution in [2.45, 2.75) is 32.4 Å². The number of carbonyl (C=O) groups excluding carboxylic acids is 1. The molecule has 0 saturated carbocycles. The lowest BCUT2D eigenvalue weighted by Gasteiger charge is -2.28. The molecule has 1 fully saturated rings. The molecule has 1 saturated heterocycles. The topological polar surface area (TPSA) is 63.1 Å². The van der Waals surface area contributed by atoms with E-state index in [2.05, 4.69) is 22.6 Å². The lowest BCUT2D eigenvalue weighted by Crippen LogP contribution is -2.46. The van der Waals surface area contributed by atoms with Gasteiger partial charge in [0, 0.05) is 18.3 Å². The van der Waals surface area contributed by atoms with Gasteiger partial charge in [-0.3, -0.25) is 0 Å². The average molecular weight is 345 g/mol. The first-order chi connectivity index (χ1) is 11.6. The van der Waals surface area contributed by atoms with Gasteiger partial charge in [-0.05, 0) is 43.7 Å². The third-order valence-electron chi connectivity index (χ3n) is 4.37. The Morgan fingerprint density at radius 3 is 2.83 bits per heavy atom. The van der Waals surface area contributed by atoms with Crippen LogP contribution in [-0.4, -0.2) is 50.0 Å². The predicted molar refractivity (Wildman–Crippen MR) is 96.4 cm³/mol. The van der Waals surface area contributed by atoms with Gasteiger partial charge in [0.25, 0.3) is 0 Å². The number of nitrogens with zero attached hydrogens (tertiary/aromatic N) is 4. The summed E-state index contributed by atoms with van der Waals surface area (Å²) in [6, 6.07) is 8.29. The summed E-state index contributed by atoms with van der Waals surface area (Å²) in [5.41, 5.74) is 2.03. The van der Waals surface area contributed by atoms with Gasteiger partial charge in [0.05, 0.1) is 24.1 Å². The van der Waals surface area contributed by atoms with Crippen LogP contribution in [0.5, 0.6) is 0 Å². The van der Waals surface area contributed by atoms with Gasteiger partial charge >= 0.3 is 6.03 Å². The Bertz CT molecular complexity index is 658. The van der Waals surface area contributed by atoms with E-state index in [9.17, 15) is 4.79 Å². The maximum atomic E-state index is 12.6. The fourth-order valence-electron chi connectivity index (χ4n) is 2.81. The van der Waals surface area contributed by atoms with Gasteiger partial charge in [-0.1, -0.05) is 17.3 Å². The molecular formula is C17H23N5OS. The van der Waals surface area contributed by atoms with Crippen LogP contribution >= 0.6 is 11.8 Å². The molecular weight excluding hydrogens is 322 g/mol. The predicted octanol–water partition coefficient (Wildman–Crippen LogP) is 2.87. The molecule has 3 rings (SSSR count). The molecule has 0 radical (unpaired) electrons. The first-order valence-electron chi connectivity index (χ1n) is 8.26. The van der Waals surface area contributed by atoms with Crippen LogP contribution < -0.4 is 5.32 Å². The Hall–Kier alpha value is -2.02. The first-order valence-corrected chi connectivity index (χ1v) is 9.42. The summed E-state index contributed by atoms with van der Waals surface area (Å²) in [6.07, 6.45) is 4.51. The molecule has 0 spiro atoms. The summed E-state index contributed by atoms with van der Waals surface area (Å²) >= 11 is 1.92. The van der Waals surface area contributed by atoms with Crippen molar-refractivity contribution in [3.05, 3.63) is 42.2 Å². The van der Waals surface area contributed by atoms with Crippen LogP contribution in [0, 0.1) is 0 Å². The Morgan fingerprint density at radius 2 is 2.12 bits per heavy atom. The zero-order chi connectivity index (χ0) is 16.9. The maximum Gasteiger partial charge on any atom is 0.318 e. The van der Waals surface area contributed by atoms with Gasteiger partial charge in [0.2, 0.25) is 0 Å². The number of benzene rings is 1. The lowest BCUT2D eigenvalue weighted by molar-refractivity contribution is 0.180. The van der Waals surface area contributed by atoms with Crippen molar-refractivity contribution in [3.63, 3.8) is 0 Å². The summed E-state index contributed by atoms with van der Waals surface area (Å²) in [5.74, 6) is 2.14. The highest BCUT2D eigenvalue weighted by molar-refractivity contribution is 7.99. The van der Waals surface area contributed by atoms with Crippen molar-refractivity contribution in [1.82, 2.24) is 25.2 Å². The summed E-state index contributed by atoms with van der Waals surface area (Å²) in [4.78, 5) is 14.5. The number of urea groups is 1. The number of thioether (sulfide) groups is 1. The molecule has 1 aliphatic heterocycles.